The average molecular weight is 981 g/mol. The number of hydrogen-bond donors (Lipinski definition) is 4. The minimum Gasteiger partial charge on any atom is -0.398 e. The summed E-state index contributed by atoms with van der Waals surface area (Å²) in [6, 6.07) is 7.44. The van der Waals surface area contributed by atoms with Gasteiger partial charge >= 0.3 is 6.03 Å². The molecule has 6 aromatic rings. The normalized spacial score (nSPS) is 11.8. The smallest absolute Gasteiger partial charge is 0.333 e. The fourth-order valence-corrected chi connectivity index (χ4v) is 8.25. The number of sulfonamides is 2. The molecule has 368 valence electrons. The molecule has 0 radical (unpaired) electrons. The number of nitrogens with zero attached hydrogens (tertiary/aromatic N) is 10. The number of carbonyl (C=O) groups is 1. The van der Waals surface area contributed by atoms with Crippen molar-refractivity contribution in [3.05, 3.63) is 108 Å². The van der Waals surface area contributed by atoms with Crippen LogP contribution < -0.4 is 20.9 Å². The molecule has 0 aliphatic carbocycles. The van der Waals surface area contributed by atoms with E-state index in [1.54, 1.807) is 21.8 Å². The number of nitrogens with one attached hydrogen (secondary N) is 2. The number of halogens is 2. The molecule has 4 heterocycles. The van der Waals surface area contributed by atoms with Gasteiger partial charge in [-0.05, 0) is 103 Å². The van der Waals surface area contributed by atoms with Gasteiger partial charge in [-0.2, -0.15) is 18.6 Å². The molecule has 0 unspecified atom stereocenters. The van der Waals surface area contributed by atoms with E-state index < -0.39 is 31.9 Å². The first-order chi connectivity index (χ1) is 31.7. The third-order valence-corrected chi connectivity index (χ3v) is 11.8. The van der Waals surface area contributed by atoms with E-state index in [0.717, 1.165) is 16.8 Å². The number of rotatable bonds is 14. The first-order valence-electron chi connectivity index (χ1n) is 21.5. The van der Waals surface area contributed by atoms with Crippen molar-refractivity contribution in [1.29, 1.82) is 0 Å². The van der Waals surface area contributed by atoms with E-state index >= 15 is 0 Å². The van der Waals surface area contributed by atoms with Crippen LogP contribution in [0, 0.1) is 11.6 Å². The minimum absolute atomic E-state index is 0.0712. The van der Waals surface area contributed by atoms with E-state index in [-0.39, 0.29) is 45.5 Å². The number of primary sulfonamides is 1. The van der Waals surface area contributed by atoms with Crippen LogP contribution in [0.3, 0.4) is 0 Å². The predicted molar refractivity (Wildman–Crippen MR) is 258 cm³/mol. The molecular formula is C45H62F2N14O5S2. The van der Waals surface area contributed by atoms with E-state index in [0.29, 0.717) is 46.7 Å². The van der Waals surface area contributed by atoms with Gasteiger partial charge in [-0.1, -0.05) is 27.7 Å². The van der Waals surface area contributed by atoms with Crippen LogP contribution in [0.15, 0.2) is 83.9 Å². The number of aromatic nitrogens is 8. The third-order valence-electron chi connectivity index (χ3n) is 9.85. The molecule has 0 saturated heterocycles. The molecular weight excluding hydrogens is 919 g/mol. The molecule has 0 aliphatic rings. The lowest BCUT2D eigenvalue weighted by atomic mass is 9.95. The van der Waals surface area contributed by atoms with Crippen LogP contribution >= 0.6 is 0 Å². The van der Waals surface area contributed by atoms with Gasteiger partial charge < -0.3 is 20.9 Å². The summed E-state index contributed by atoms with van der Waals surface area (Å²) >= 11 is 0. The summed E-state index contributed by atoms with van der Waals surface area (Å²) in [7, 11) is -0.457. The minimum atomic E-state index is -4.28. The lowest BCUT2D eigenvalue weighted by Gasteiger charge is -2.18. The van der Waals surface area contributed by atoms with E-state index in [9.17, 15) is 30.4 Å². The number of urea groups is 1. The van der Waals surface area contributed by atoms with Crippen molar-refractivity contribution in [2.24, 2.45) is 5.14 Å². The highest BCUT2D eigenvalue weighted by Crippen LogP contribution is 2.36. The highest BCUT2D eigenvalue weighted by atomic mass is 32.2. The summed E-state index contributed by atoms with van der Waals surface area (Å²) in [5.41, 5.74) is 11.9. The van der Waals surface area contributed by atoms with Gasteiger partial charge in [0.05, 0.1) is 17.1 Å². The standard InChI is InChI=1S/C23H30FN7O3S.C13H14FN3.C9H18N4O2S/c1-14(2)19-7-17(24)8-20(16-10-25-13-26-11-16)22(19)27-23(32)29-35(33,34)21-9-18(12-30(5)6)31(28-21)15(3)4;1-8(2)11-3-10(14)4-12(13(11)15)9-5-16-7-17-6-9;1-7(2)13-8(6-12(3)4)5-9(11-13)16(10,14)15/h7-11,13-15H,12H2,1-6H3,(H2,27,29,32);3-8H,15H2,1-2H3;5,7H,6H2,1-4H3,(H2,10,14,15). The van der Waals surface area contributed by atoms with Crippen molar-refractivity contribution in [3.8, 4) is 22.3 Å². The van der Waals surface area contributed by atoms with Crippen molar-refractivity contribution in [3.63, 3.8) is 0 Å². The fourth-order valence-electron chi connectivity index (χ4n) is 6.86. The summed E-state index contributed by atoms with van der Waals surface area (Å²) < 4.78 is 81.6. The van der Waals surface area contributed by atoms with Crippen LogP contribution in [0.2, 0.25) is 0 Å². The Morgan fingerprint density at radius 1 is 0.647 bits per heavy atom. The molecule has 2 amide bonds. The van der Waals surface area contributed by atoms with Gasteiger partial charge in [0.15, 0.2) is 10.1 Å². The monoisotopic (exact) mass is 980 g/mol. The zero-order valence-electron chi connectivity index (χ0n) is 40.4. The van der Waals surface area contributed by atoms with Gasteiger partial charge in [-0.25, -0.2) is 51.8 Å². The second-order valence-corrected chi connectivity index (χ2v) is 20.7. The van der Waals surface area contributed by atoms with E-state index in [2.05, 4.69) is 35.5 Å². The Morgan fingerprint density at radius 2 is 1.06 bits per heavy atom. The topological polar surface area (TPSA) is 255 Å². The number of anilines is 2. The van der Waals surface area contributed by atoms with Crippen LogP contribution in [0.1, 0.15) is 102 Å². The number of nitrogens with two attached hydrogens (primary N) is 2. The fraction of sp³-hybridized carbons (Fsp3) is 0.400. The average Bonchev–Trinajstić information content (AvgIpc) is 3.88. The molecule has 23 heteroatoms. The quantitative estimate of drug-likeness (QED) is 0.0809. The number of hydrogen-bond acceptors (Lipinski definition) is 14. The Hall–Kier alpha value is -6.27. The van der Waals surface area contributed by atoms with Gasteiger partial charge in [0.25, 0.3) is 20.0 Å². The van der Waals surface area contributed by atoms with Crippen LogP contribution in [0.4, 0.5) is 25.0 Å². The zero-order chi connectivity index (χ0) is 50.8. The largest absolute Gasteiger partial charge is 0.398 e. The highest BCUT2D eigenvalue weighted by molar-refractivity contribution is 7.90. The number of nitrogen functional groups attached to an aromatic ring is 1. The maximum Gasteiger partial charge on any atom is 0.333 e. The van der Waals surface area contributed by atoms with Crippen molar-refractivity contribution < 1.29 is 30.4 Å². The zero-order valence-corrected chi connectivity index (χ0v) is 42.0. The summed E-state index contributed by atoms with van der Waals surface area (Å²) in [4.78, 5) is 32.5. The van der Waals surface area contributed by atoms with Gasteiger partial charge in [-0.15, -0.1) is 0 Å². The van der Waals surface area contributed by atoms with Crippen LogP contribution in [0.25, 0.3) is 22.3 Å². The van der Waals surface area contributed by atoms with E-state index in [4.69, 9.17) is 10.9 Å². The van der Waals surface area contributed by atoms with E-state index in [1.807, 2.05) is 98.1 Å². The molecule has 0 bridgehead atoms. The molecule has 6 N–H and O–H groups in total. The molecule has 0 spiro atoms. The lowest BCUT2D eigenvalue weighted by Crippen LogP contribution is -2.35. The second kappa shape index (κ2) is 23.2. The van der Waals surface area contributed by atoms with Crippen LogP contribution in [-0.4, -0.2) is 100 Å². The number of carbonyl (C=O) groups excluding carboxylic acids is 1. The highest BCUT2D eigenvalue weighted by Gasteiger charge is 2.26. The molecule has 0 aliphatic heterocycles. The Bertz CT molecular complexity index is 2870. The Morgan fingerprint density at radius 3 is 1.49 bits per heavy atom. The number of amides is 2. The molecule has 4 aromatic heterocycles. The Balaban J connectivity index is 0.000000253. The molecule has 0 atom stereocenters. The lowest BCUT2D eigenvalue weighted by molar-refractivity contribution is 0.256. The van der Waals surface area contributed by atoms with Gasteiger partial charge in [0.1, 0.15) is 24.3 Å². The first-order valence-corrected chi connectivity index (χ1v) is 24.5. The van der Waals surface area contributed by atoms with Gasteiger partial charge in [-0.3, -0.25) is 9.36 Å². The molecule has 2 aromatic carbocycles. The van der Waals surface area contributed by atoms with Gasteiger partial charge in [0, 0.05) is 90.0 Å². The van der Waals surface area contributed by atoms with Crippen molar-refractivity contribution in [2.45, 2.75) is 102 Å². The predicted octanol–water partition coefficient (Wildman–Crippen LogP) is 6.92. The summed E-state index contributed by atoms with van der Waals surface area (Å²) in [6.07, 6.45) is 8.99. The molecule has 19 nitrogen and oxygen atoms in total. The van der Waals surface area contributed by atoms with Crippen molar-refractivity contribution in [2.75, 3.05) is 39.2 Å². The molecule has 0 fully saturated rings. The van der Waals surface area contributed by atoms with Crippen LogP contribution in [-0.2, 0) is 33.1 Å². The third kappa shape index (κ3) is 14.6. The summed E-state index contributed by atoms with van der Waals surface area (Å²) in [5.74, 6) is -0.786. The van der Waals surface area contributed by atoms with E-state index in [1.165, 1.54) is 61.4 Å². The molecule has 0 saturated carbocycles. The Labute approximate surface area is 397 Å². The van der Waals surface area contributed by atoms with Crippen LogP contribution in [0.5, 0.6) is 0 Å². The first kappa shape index (κ1) is 54.3. The van der Waals surface area contributed by atoms with Crippen molar-refractivity contribution in [1.82, 2.24) is 54.0 Å². The van der Waals surface area contributed by atoms with Gasteiger partial charge in [0.2, 0.25) is 0 Å². The summed E-state index contributed by atoms with van der Waals surface area (Å²) in [6.45, 7) is 16.4. The maximum absolute atomic E-state index is 14.4. The summed E-state index contributed by atoms with van der Waals surface area (Å²) in [5, 5.41) is 15.5. The maximum atomic E-state index is 14.4. The van der Waals surface area contributed by atoms with Crippen molar-refractivity contribution >= 4 is 37.5 Å². The second-order valence-electron chi connectivity index (χ2n) is 17.5. The molecule has 6 rings (SSSR count). The Kier molecular flexibility index (Phi) is 18.5. The number of benzene rings is 2. The molecule has 68 heavy (non-hydrogen) atoms. The SMILES string of the molecule is CC(C)c1cc(F)cc(-c2cncnc2)c1N.CC(C)c1cc(F)cc(-c2cncnc2)c1NC(=O)NS(=O)(=O)c1cc(CN(C)C)n(C(C)C)n1.CC(C)n1nc(S(N)(=O)=O)cc1CN(C)C.